The smallest absolute Gasteiger partial charge is 0.0149 e. The first-order valence-corrected chi connectivity index (χ1v) is 24.8. The van der Waals surface area contributed by atoms with Crippen molar-refractivity contribution in [2.75, 3.05) is 0 Å². The molecule has 1 unspecified atom stereocenters. The first-order chi connectivity index (χ1) is 32.4. The number of hydrogen-bond donors (Lipinski definition) is 0. The van der Waals surface area contributed by atoms with Gasteiger partial charge in [0.1, 0.15) is 0 Å². The van der Waals surface area contributed by atoms with Crippen LogP contribution in [-0.4, -0.2) is 18.7 Å². The fourth-order valence-electron chi connectivity index (χ4n) is 10.3. The van der Waals surface area contributed by atoms with E-state index in [-0.39, 0.29) is 16.9 Å². The van der Waals surface area contributed by atoms with Crippen LogP contribution in [0.3, 0.4) is 0 Å². The Balaban J connectivity index is 1.06. The van der Waals surface area contributed by atoms with Gasteiger partial charge in [-0.25, -0.2) is 4.98 Å². The summed E-state index contributed by atoms with van der Waals surface area (Å²) in [5, 5.41) is 2.37. The average molecular weight is 1060 g/mol. The van der Waals surface area contributed by atoms with Crippen molar-refractivity contribution in [3.63, 3.8) is 0 Å². The first kappa shape index (κ1) is 43.0. The second-order valence-electron chi connectivity index (χ2n) is 20.2. The predicted octanol–water partition coefficient (Wildman–Crippen LogP) is 16.0. The number of benzene rings is 7. The van der Waals surface area contributed by atoms with E-state index in [1.165, 1.54) is 75.8 Å². The first-order valence-electron chi connectivity index (χ1n) is 23.7. The Kier molecular flexibility index (Phi) is 10.9. The van der Waals surface area contributed by atoms with Crippen LogP contribution in [0.1, 0.15) is 89.1 Å². The van der Waals surface area contributed by atoms with Crippen molar-refractivity contribution >= 4 is 32.8 Å². The quantitative estimate of drug-likeness (QED) is 0.149. The number of para-hydroxylation sites is 3. The number of ether oxygens (including phenoxy) is 1. The maximum atomic E-state index is 6.95. The standard InChI is InChI=1S/C61H56N4O.Pt/c1-60(2,3)44-33-34-62-58(37-44)65-54-26-16-14-24-48(54)49-32-31-47(39-57(49)65)66-46-30-29-43-23-13-15-25-53(50(43)38-46)63-40-64(56-28-18-17-27-55(56)63)59-51(41-19-9-7-10-20-41)35-45(61(4,5)6)36-52(59)42-21-11-8-12-22-42;/h7-12,14,16-22,24,26-39,53H,13,15,23,25H2,1-6H3;. The monoisotopic (exact) mass is 1060 g/mol. The molecule has 10 aromatic rings. The molecule has 0 saturated carbocycles. The molecule has 0 fully saturated rings. The van der Waals surface area contributed by atoms with Crippen molar-refractivity contribution in [1.82, 2.24) is 18.7 Å². The number of rotatable bonds is 7. The van der Waals surface area contributed by atoms with E-state index in [0.29, 0.717) is 0 Å². The van der Waals surface area contributed by atoms with E-state index in [1.54, 1.807) is 0 Å². The zero-order chi connectivity index (χ0) is 46.0. The van der Waals surface area contributed by atoms with Crippen LogP contribution >= 0.6 is 0 Å². The summed E-state index contributed by atoms with van der Waals surface area (Å²) in [5.41, 5.74) is 15.9. The van der Waals surface area contributed by atoms with Crippen LogP contribution < -0.4 is 4.74 Å². The Morgan fingerprint density at radius 3 is 1.82 bits per heavy atom. The minimum absolute atomic E-state index is 0.00683. The fourth-order valence-corrected chi connectivity index (χ4v) is 11.4. The number of aromatic nitrogens is 4. The molecule has 11 rings (SSSR count). The van der Waals surface area contributed by atoms with Crippen LogP contribution in [0.4, 0.5) is 0 Å². The summed E-state index contributed by atoms with van der Waals surface area (Å²) in [6.07, 6.45) is 6.29. The molecule has 5 nitrogen and oxygen atoms in total. The van der Waals surface area contributed by atoms with E-state index >= 15 is 0 Å². The van der Waals surface area contributed by atoms with Crippen molar-refractivity contribution < 1.29 is 24.1 Å². The van der Waals surface area contributed by atoms with Gasteiger partial charge in [0.05, 0.1) is 0 Å². The van der Waals surface area contributed by atoms with Crippen LogP contribution in [-0.2, 0) is 36.6 Å². The Bertz CT molecular complexity index is 3490. The Morgan fingerprint density at radius 2 is 1.13 bits per heavy atom. The van der Waals surface area contributed by atoms with Gasteiger partial charge < -0.3 is 0 Å². The van der Waals surface area contributed by atoms with E-state index in [1.807, 2.05) is 6.20 Å². The molecule has 0 bridgehead atoms. The molecule has 3 heterocycles. The van der Waals surface area contributed by atoms with E-state index in [2.05, 4.69) is 244 Å². The molecule has 0 amide bonds. The average Bonchev–Trinajstić information content (AvgIpc) is 3.72. The zero-order valence-corrected chi connectivity index (χ0v) is 41.4. The molecule has 7 aromatic carbocycles. The van der Waals surface area contributed by atoms with Gasteiger partial charge in [-0.2, -0.15) is 0 Å². The van der Waals surface area contributed by atoms with Gasteiger partial charge >= 0.3 is 328 Å². The molecule has 3 aromatic heterocycles. The molecular formula is C61H56N4OPt. The van der Waals surface area contributed by atoms with Gasteiger partial charge in [0.2, 0.25) is 0 Å². The third kappa shape index (κ3) is 7.81. The molecular weight excluding hydrogens is 1000 g/mol. The molecule has 0 aliphatic heterocycles. The molecule has 6 heteroatoms. The van der Waals surface area contributed by atoms with E-state index < -0.39 is 0 Å². The second kappa shape index (κ2) is 17.0. The summed E-state index contributed by atoms with van der Waals surface area (Å²) in [7, 11) is 0. The predicted molar refractivity (Wildman–Crippen MR) is 274 cm³/mol. The number of hydrogen-bond acceptors (Lipinski definition) is 2. The Morgan fingerprint density at radius 1 is 0.537 bits per heavy atom. The SMILES string of the molecule is CC(C)(C)c1ccnc(-n2c3ccccc3c3ccc(Oc4ccc5c(c4)C(n4[c](=[Pt])n(-c6c(-c7ccccc7)cc(C(C)(C)C)cc6-c6ccccc6)c6ccccc64)CCCC5)cc32)c1. The molecule has 0 N–H and O–H groups in total. The van der Waals surface area contributed by atoms with Gasteiger partial charge in [-0.3, -0.25) is 0 Å². The van der Waals surface area contributed by atoms with Gasteiger partial charge in [0.25, 0.3) is 0 Å². The van der Waals surface area contributed by atoms with Crippen LogP contribution in [0.5, 0.6) is 11.5 Å². The second-order valence-corrected chi connectivity index (χ2v) is 21.3. The maximum absolute atomic E-state index is 6.95. The summed E-state index contributed by atoms with van der Waals surface area (Å²) in [6, 6.07) is 62.2. The molecule has 0 saturated heterocycles. The minimum atomic E-state index is -0.0547. The summed E-state index contributed by atoms with van der Waals surface area (Å²) in [6.45, 7) is 13.7. The largest absolute Gasteiger partial charge is 0.0149 e. The van der Waals surface area contributed by atoms with Crippen molar-refractivity contribution in [3.8, 4) is 45.3 Å². The van der Waals surface area contributed by atoms with Gasteiger partial charge in [0, 0.05) is 6.20 Å². The molecule has 1 aliphatic carbocycles. The van der Waals surface area contributed by atoms with Crippen molar-refractivity contribution in [1.29, 1.82) is 0 Å². The van der Waals surface area contributed by atoms with Gasteiger partial charge in [0.15, 0.2) is 0 Å². The zero-order valence-electron chi connectivity index (χ0n) is 39.2. The van der Waals surface area contributed by atoms with Gasteiger partial charge in [-0.05, 0) is 29.2 Å². The fraction of sp³-hybridized carbons (Fsp3) is 0.213. The number of aryl methyl sites for hydroxylation is 1. The van der Waals surface area contributed by atoms with Crippen molar-refractivity contribution in [2.24, 2.45) is 0 Å². The molecule has 1 aliphatic rings. The molecule has 1 atom stereocenters. The summed E-state index contributed by atoms with van der Waals surface area (Å²) >= 11 is 2.63. The topological polar surface area (TPSA) is 36.9 Å². The van der Waals surface area contributed by atoms with Crippen LogP contribution in [0, 0.1) is 3.80 Å². The van der Waals surface area contributed by atoms with Crippen LogP contribution in [0.25, 0.3) is 66.6 Å². The van der Waals surface area contributed by atoms with E-state index in [0.717, 1.165) is 54.0 Å². The molecule has 336 valence electrons. The Labute approximate surface area is 404 Å². The molecule has 67 heavy (non-hydrogen) atoms. The maximum Gasteiger partial charge on any atom is -0.0149 e. The summed E-state index contributed by atoms with van der Waals surface area (Å²) in [5.74, 6) is 2.55. The molecule has 0 radical (unpaired) electrons. The van der Waals surface area contributed by atoms with Crippen LogP contribution in [0.15, 0.2) is 176 Å². The van der Waals surface area contributed by atoms with Crippen molar-refractivity contribution in [3.05, 3.63) is 202 Å². The number of imidazole rings is 1. The van der Waals surface area contributed by atoms with Crippen LogP contribution in [0.2, 0.25) is 0 Å². The van der Waals surface area contributed by atoms with E-state index in [9.17, 15) is 0 Å². The van der Waals surface area contributed by atoms with Gasteiger partial charge in [-0.1, -0.05) is 39.0 Å². The molecule has 0 spiro atoms. The number of nitrogens with zero attached hydrogens (tertiary/aromatic N) is 4. The normalized spacial score (nSPS) is 14.4. The minimum Gasteiger partial charge on any atom is -0.0149 e. The summed E-state index contributed by atoms with van der Waals surface area (Å²) in [4.78, 5) is 4.92. The Hall–Kier alpha value is -6.55. The number of pyridine rings is 1. The van der Waals surface area contributed by atoms with E-state index in [4.69, 9.17) is 9.72 Å². The van der Waals surface area contributed by atoms with Crippen molar-refractivity contribution in [2.45, 2.75) is 84.1 Å². The number of fused-ring (bicyclic) bond motifs is 5. The third-order valence-corrected chi connectivity index (χ3v) is 14.8. The summed E-state index contributed by atoms with van der Waals surface area (Å²) < 4.78 is 15.6. The van der Waals surface area contributed by atoms with Gasteiger partial charge in [-0.15, -0.1) is 0 Å². The third-order valence-electron chi connectivity index (χ3n) is 13.8.